The predicted octanol–water partition coefficient (Wildman–Crippen LogP) is 2.23. The molecule has 4 N–H and O–H groups in total. The fraction of sp³-hybridized carbons (Fsp3) is 0.458. The summed E-state index contributed by atoms with van der Waals surface area (Å²) in [6, 6.07) is 12.1. The Balaban J connectivity index is 1.14. The van der Waals surface area contributed by atoms with Crippen LogP contribution in [0.2, 0.25) is 0 Å². The number of aryl methyl sites for hydroxylation is 1. The van der Waals surface area contributed by atoms with Gasteiger partial charge in [0.1, 0.15) is 5.82 Å². The number of carbonyl (C=O) groups is 2. The van der Waals surface area contributed by atoms with Crippen LogP contribution in [-0.4, -0.2) is 53.4 Å². The molecule has 7 heteroatoms. The minimum absolute atomic E-state index is 0.00398. The molecule has 0 radical (unpaired) electrons. The van der Waals surface area contributed by atoms with E-state index in [2.05, 4.69) is 26.6 Å². The molecule has 0 atom stereocenters. The zero-order chi connectivity index (χ0) is 21.8. The Morgan fingerprint density at radius 2 is 1.90 bits per heavy atom. The molecule has 1 aromatic heterocycles. The lowest BCUT2D eigenvalue weighted by Crippen LogP contribution is -2.63. The summed E-state index contributed by atoms with van der Waals surface area (Å²) in [5.41, 5.74) is 8.57. The van der Waals surface area contributed by atoms with Crippen molar-refractivity contribution in [1.82, 2.24) is 20.5 Å². The smallest absolute Gasteiger partial charge is 0.251 e. The van der Waals surface area contributed by atoms with Gasteiger partial charge in [-0.2, -0.15) is 0 Å². The van der Waals surface area contributed by atoms with E-state index in [0.29, 0.717) is 23.3 Å². The molecule has 1 saturated heterocycles. The van der Waals surface area contributed by atoms with Gasteiger partial charge in [0.2, 0.25) is 5.91 Å². The van der Waals surface area contributed by atoms with E-state index in [1.54, 1.807) is 6.07 Å². The molecule has 1 aliphatic carbocycles. The molecule has 1 saturated carbocycles. The first-order valence-electron chi connectivity index (χ1n) is 11.1. The summed E-state index contributed by atoms with van der Waals surface area (Å²) in [5, 5.41) is 5.73. The van der Waals surface area contributed by atoms with Gasteiger partial charge in [0.05, 0.1) is 12.6 Å². The summed E-state index contributed by atoms with van der Waals surface area (Å²) in [6.45, 7) is 3.71. The molecule has 0 unspecified atom stereocenters. The van der Waals surface area contributed by atoms with E-state index >= 15 is 0 Å². The highest BCUT2D eigenvalue weighted by atomic mass is 16.2. The lowest BCUT2D eigenvalue weighted by Gasteiger charge is -2.46. The number of rotatable bonds is 6. The molecular weight excluding hydrogens is 390 g/mol. The van der Waals surface area contributed by atoms with E-state index in [4.69, 9.17) is 5.73 Å². The predicted molar refractivity (Wildman–Crippen MR) is 121 cm³/mol. The molecule has 7 nitrogen and oxygen atoms in total. The third kappa shape index (κ3) is 5.41. The maximum atomic E-state index is 12.2. The maximum absolute atomic E-state index is 12.2. The van der Waals surface area contributed by atoms with E-state index in [0.717, 1.165) is 31.5 Å². The van der Waals surface area contributed by atoms with Gasteiger partial charge in [0, 0.05) is 30.9 Å². The van der Waals surface area contributed by atoms with Crippen LogP contribution in [0, 0.1) is 6.92 Å². The summed E-state index contributed by atoms with van der Waals surface area (Å²) in [5.74, 6) is 0.784. The summed E-state index contributed by atoms with van der Waals surface area (Å²) in [4.78, 5) is 31.0. The second-order valence-electron chi connectivity index (χ2n) is 8.79. The van der Waals surface area contributed by atoms with Gasteiger partial charge in [-0.25, -0.2) is 4.98 Å². The van der Waals surface area contributed by atoms with Crippen LogP contribution in [0.3, 0.4) is 0 Å². The number of nitrogen functional groups attached to an aromatic ring is 1. The Morgan fingerprint density at radius 1 is 1.13 bits per heavy atom. The van der Waals surface area contributed by atoms with Crippen molar-refractivity contribution < 1.29 is 9.59 Å². The van der Waals surface area contributed by atoms with Gasteiger partial charge in [0.25, 0.3) is 5.91 Å². The second-order valence-corrected chi connectivity index (χ2v) is 8.79. The first kappa shape index (κ1) is 21.3. The van der Waals surface area contributed by atoms with Crippen LogP contribution >= 0.6 is 0 Å². The van der Waals surface area contributed by atoms with Crippen molar-refractivity contribution in [3.8, 4) is 0 Å². The highest BCUT2D eigenvalue weighted by Gasteiger charge is 2.35. The quantitative estimate of drug-likeness (QED) is 0.664. The highest BCUT2D eigenvalue weighted by molar-refractivity contribution is 5.96. The van der Waals surface area contributed by atoms with E-state index < -0.39 is 0 Å². The van der Waals surface area contributed by atoms with Crippen molar-refractivity contribution in [3.05, 3.63) is 59.3 Å². The molecule has 164 valence electrons. The first-order chi connectivity index (χ1) is 15.0. The molecule has 2 aliphatic rings. The second kappa shape index (κ2) is 9.47. The monoisotopic (exact) mass is 421 g/mol. The molecule has 2 aromatic rings. The standard InChI is InChI=1S/C24H31N5O2/c1-16-3-2-4-18(11-16)24(31)27-13-23(30)28-20-14-29(15-20)21-8-5-17(6-9-21)19-7-10-22(25)26-12-19/h2-4,7,10-12,17,20-21H,5-6,8-9,13-15H2,1H3,(H2,25,26)(H,27,31)(H,28,30). The summed E-state index contributed by atoms with van der Waals surface area (Å²) in [6.07, 6.45) is 6.57. The number of pyridine rings is 1. The van der Waals surface area contributed by atoms with E-state index in [1.165, 1.54) is 18.4 Å². The lowest BCUT2D eigenvalue weighted by atomic mass is 9.81. The number of amides is 2. The molecule has 4 rings (SSSR count). The molecule has 2 amide bonds. The van der Waals surface area contributed by atoms with Crippen molar-refractivity contribution in [2.45, 2.75) is 50.6 Å². The first-order valence-corrected chi connectivity index (χ1v) is 11.1. The zero-order valence-corrected chi connectivity index (χ0v) is 18.0. The van der Waals surface area contributed by atoms with Gasteiger partial charge in [0.15, 0.2) is 0 Å². The Labute approximate surface area is 183 Å². The number of carbonyl (C=O) groups excluding carboxylic acids is 2. The molecule has 1 aromatic carbocycles. The van der Waals surface area contributed by atoms with Crippen LogP contribution in [-0.2, 0) is 4.79 Å². The van der Waals surface area contributed by atoms with Crippen LogP contribution in [0.25, 0.3) is 0 Å². The van der Waals surface area contributed by atoms with E-state index in [-0.39, 0.29) is 24.4 Å². The Kier molecular flexibility index (Phi) is 6.51. The fourth-order valence-electron chi connectivity index (χ4n) is 4.66. The minimum Gasteiger partial charge on any atom is -0.384 e. The zero-order valence-electron chi connectivity index (χ0n) is 18.0. The molecule has 2 fully saturated rings. The van der Waals surface area contributed by atoms with Crippen LogP contribution in [0.4, 0.5) is 5.82 Å². The van der Waals surface area contributed by atoms with Gasteiger partial charge in [-0.05, 0) is 62.3 Å². The Morgan fingerprint density at radius 3 is 2.58 bits per heavy atom. The normalized spacial score (nSPS) is 21.8. The summed E-state index contributed by atoms with van der Waals surface area (Å²) in [7, 11) is 0. The molecule has 0 spiro atoms. The number of hydrogen-bond donors (Lipinski definition) is 3. The van der Waals surface area contributed by atoms with Gasteiger partial charge in [-0.1, -0.05) is 23.8 Å². The maximum Gasteiger partial charge on any atom is 0.251 e. The molecular formula is C24H31N5O2. The van der Waals surface area contributed by atoms with Crippen molar-refractivity contribution in [1.29, 1.82) is 0 Å². The molecule has 2 heterocycles. The van der Waals surface area contributed by atoms with Crippen molar-refractivity contribution >= 4 is 17.6 Å². The minimum atomic E-state index is -0.220. The van der Waals surface area contributed by atoms with Crippen LogP contribution in [0.1, 0.15) is 53.1 Å². The number of likely N-dealkylation sites (tertiary alicyclic amines) is 1. The number of nitrogens with zero attached hydrogens (tertiary/aromatic N) is 2. The lowest BCUT2D eigenvalue weighted by molar-refractivity contribution is -0.122. The average molecular weight is 422 g/mol. The number of hydrogen-bond acceptors (Lipinski definition) is 5. The summed E-state index contributed by atoms with van der Waals surface area (Å²) < 4.78 is 0. The van der Waals surface area contributed by atoms with Gasteiger partial charge in [-0.3, -0.25) is 14.5 Å². The number of nitrogens with one attached hydrogen (secondary N) is 2. The SMILES string of the molecule is Cc1cccc(C(=O)NCC(=O)NC2CN(C3CCC(c4ccc(N)nc4)CC3)C2)c1. The Bertz CT molecular complexity index is 916. The third-order valence-corrected chi connectivity index (χ3v) is 6.46. The van der Waals surface area contributed by atoms with E-state index in [1.807, 2.05) is 37.4 Å². The van der Waals surface area contributed by atoms with Crippen LogP contribution in [0.5, 0.6) is 0 Å². The average Bonchev–Trinajstić information content (AvgIpc) is 2.75. The Hall–Kier alpha value is -2.93. The van der Waals surface area contributed by atoms with Gasteiger partial charge < -0.3 is 16.4 Å². The van der Waals surface area contributed by atoms with Crippen molar-refractivity contribution in [2.24, 2.45) is 0 Å². The summed E-state index contributed by atoms with van der Waals surface area (Å²) >= 11 is 0. The number of anilines is 1. The number of benzene rings is 1. The topological polar surface area (TPSA) is 100 Å². The third-order valence-electron chi connectivity index (χ3n) is 6.46. The van der Waals surface area contributed by atoms with Crippen LogP contribution < -0.4 is 16.4 Å². The highest BCUT2D eigenvalue weighted by Crippen LogP contribution is 2.35. The molecule has 31 heavy (non-hydrogen) atoms. The fourth-order valence-corrected chi connectivity index (χ4v) is 4.66. The van der Waals surface area contributed by atoms with Crippen molar-refractivity contribution in [3.63, 3.8) is 0 Å². The molecule has 1 aliphatic heterocycles. The van der Waals surface area contributed by atoms with E-state index in [9.17, 15) is 9.59 Å². The van der Waals surface area contributed by atoms with Crippen molar-refractivity contribution in [2.75, 3.05) is 25.4 Å². The van der Waals surface area contributed by atoms with Gasteiger partial charge in [-0.15, -0.1) is 0 Å². The van der Waals surface area contributed by atoms with Crippen LogP contribution in [0.15, 0.2) is 42.6 Å². The largest absolute Gasteiger partial charge is 0.384 e. The molecule has 0 bridgehead atoms. The number of nitrogens with two attached hydrogens (primary N) is 1. The number of aromatic nitrogens is 1. The van der Waals surface area contributed by atoms with Gasteiger partial charge >= 0.3 is 0 Å².